The first kappa shape index (κ1) is 16.1. The van der Waals surface area contributed by atoms with E-state index in [1.54, 1.807) is 6.92 Å². The van der Waals surface area contributed by atoms with Gasteiger partial charge >= 0.3 is 6.18 Å². The highest BCUT2D eigenvalue weighted by molar-refractivity contribution is 5.26. The van der Waals surface area contributed by atoms with Crippen LogP contribution in [0.5, 0.6) is 0 Å². The second kappa shape index (κ2) is 5.87. The summed E-state index contributed by atoms with van der Waals surface area (Å²) in [4.78, 5) is 1.14. The van der Waals surface area contributed by atoms with Crippen molar-refractivity contribution in [2.45, 2.75) is 37.9 Å². The molecule has 0 aromatic heterocycles. The van der Waals surface area contributed by atoms with Crippen LogP contribution in [0.1, 0.15) is 31.2 Å². The molecule has 1 aromatic rings. The lowest BCUT2D eigenvalue weighted by molar-refractivity contribution is -0.153. The van der Waals surface area contributed by atoms with Crippen LogP contribution in [0.3, 0.4) is 0 Å². The van der Waals surface area contributed by atoms with Crippen LogP contribution in [0.2, 0.25) is 0 Å². The molecule has 0 bridgehead atoms. The van der Waals surface area contributed by atoms with E-state index in [1.165, 1.54) is 0 Å². The van der Waals surface area contributed by atoms with Crippen molar-refractivity contribution in [2.75, 3.05) is 13.1 Å². The average molecular weight is 311 g/mol. The highest BCUT2D eigenvalue weighted by Gasteiger charge is 2.37. The van der Waals surface area contributed by atoms with Gasteiger partial charge in [-0.1, -0.05) is 0 Å². The minimum atomic E-state index is -4.38. The number of nitrogens with zero attached hydrogens (tertiary/aromatic N) is 1. The molecule has 0 N–H and O–H groups in total. The molecule has 1 nitrogen and oxygen atoms in total. The smallest absolute Gasteiger partial charge is 0.292 e. The number of likely N-dealkylation sites (tertiary alicyclic amines) is 1. The Labute approximate surface area is 118 Å². The molecule has 7 heteroatoms. The fraction of sp³-hybridized carbons (Fsp3) is 0.571. The van der Waals surface area contributed by atoms with E-state index in [9.17, 15) is 26.3 Å². The van der Waals surface area contributed by atoms with Crippen LogP contribution < -0.4 is 0 Å². The number of benzene rings is 1. The van der Waals surface area contributed by atoms with Gasteiger partial charge in [-0.3, -0.25) is 4.90 Å². The summed E-state index contributed by atoms with van der Waals surface area (Å²) < 4.78 is 78.3. The summed E-state index contributed by atoms with van der Waals surface area (Å²) in [6.07, 6.45) is -3.68. The molecule has 0 aliphatic carbocycles. The van der Waals surface area contributed by atoms with Gasteiger partial charge in [-0.2, -0.15) is 13.2 Å². The van der Waals surface area contributed by atoms with E-state index in [-0.39, 0.29) is 12.6 Å². The van der Waals surface area contributed by atoms with E-state index in [2.05, 4.69) is 0 Å². The van der Waals surface area contributed by atoms with Crippen molar-refractivity contribution in [3.05, 3.63) is 35.1 Å². The summed E-state index contributed by atoms with van der Waals surface area (Å²) in [7, 11) is 0. The molecule has 2 unspecified atom stereocenters. The molecule has 21 heavy (non-hydrogen) atoms. The largest absolute Gasteiger partial charge is 0.401 e. The maximum absolute atomic E-state index is 13.8. The Morgan fingerprint density at radius 2 is 1.71 bits per heavy atom. The molecule has 0 spiro atoms. The van der Waals surface area contributed by atoms with Crippen LogP contribution in [0.15, 0.2) is 12.1 Å². The van der Waals surface area contributed by atoms with Crippen molar-refractivity contribution < 1.29 is 26.3 Å². The van der Waals surface area contributed by atoms with E-state index in [0.29, 0.717) is 18.9 Å². The number of hydrogen-bond acceptors (Lipinski definition) is 1. The first-order valence-corrected chi connectivity index (χ1v) is 6.63. The summed E-state index contributed by atoms with van der Waals surface area (Å²) in [5.41, 5.74) is -0.450. The predicted octanol–water partition coefficient (Wildman–Crippen LogP) is 4.23. The van der Waals surface area contributed by atoms with E-state index in [1.807, 2.05) is 0 Å². The van der Waals surface area contributed by atoms with Crippen molar-refractivity contribution >= 4 is 0 Å². The topological polar surface area (TPSA) is 3.24 Å². The van der Waals surface area contributed by atoms with Gasteiger partial charge in [0.25, 0.3) is 0 Å². The van der Waals surface area contributed by atoms with Crippen LogP contribution in [-0.2, 0) is 0 Å². The first-order valence-electron chi connectivity index (χ1n) is 6.63. The van der Waals surface area contributed by atoms with Gasteiger partial charge in [-0.15, -0.1) is 0 Å². The number of piperidine rings is 1. The van der Waals surface area contributed by atoms with Crippen molar-refractivity contribution in [3.63, 3.8) is 0 Å². The van der Waals surface area contributed by atoms with Gasteiger partial charge < -0.3 is 0 Å². The van der Waals surface area contributed by atoms with E-state index in [0.717, 1.165) is 11.0 Å². The Morgan fingerprint density at radius 1 is 1.10 bits per heavy atom. The third kappa shape index (κ3) is 3.70. The van der Waals surface area contributed by atoms with E-state index < -0.39 is 41.7 Å². The molecule has 1 fully saturated rings. The summed E-state index contributed by atoms with van der Waals surface area (Å²) in [6.45, 7) is 0.363. The molecule has 1 aromatic carbocycles. The molecule has 0 radical (unpaired) electrons. The standard InChI is InChI=1S/C14H15F6N/c1-8-2-3-9(6-21(8)7-14(18,19)20)12-10(15)4-5-11(16)13(12)17/h4-5,8-9H,2-3,6-7H2,1H3. The summed E-state index contributed by atoms with van der Waals surface area (Å²) in [5.74, 6) is -4.19. The van der Waals surface area contributed by atoms with Crippen molar-refractivity contribution in [2.24, 2.45) is 0 Å². The summed E-state index contributed by atoms with van der Waals surface area (Å²) in [5, 5.41) is 0. The Morgan fingerprint density at radius 3 is 2.33 bits per heavy atom. The first-order chi connectivity index (χ1) is 9.69. The van der Waals surface area contributed by atoms with Crippen LogP contribution in [-0.4, -0.2) is 30.2 Å². The zero-order chi connectivity index (χ0) is 15.8. The van der Waals surface area contributed by atoms with Gasteiger partial charge in [0, 0.05) is 24.1 Å². The molecule has 1 heterocycles. The molecule has 1 saturated heterocycles. The summed E-state index contributed by atoms with van der Waals surface area (Å²) >= 11 is 0. The highest BCUT2D eigenvalue weighted by Crippen LogP contribution is 2.35. The Kier molecular flexibility index (Phi) is 4.51. The van der Waals surface area contributed by atoms with Crippen LogP contribution in [0.25, 0.3) is 0 Å². The monoisotopic (exact) mass is 311 g/mol. The fourth-order valence-corrected chi connectivity index (χ4v) is 2.78. The molecule has 118 valence electrons. The van der Waals surface area contributed by atoms with E-state index >= 15 is 0 Å². The molecule has 1 aliphatic heterocycles. The van der Waals surface area contributed by atoms with Gasteiger partial charge in [0.1, 0.15) is 5.82 Å². The SMILES string of the molecule is CC1CCC(c2c(F)ccc(F)c2F)CN1CC(F)(F)F. The minimum Gasteiger partial charge on any atom is -0.292 e. The van der Waals surface area contributed by atoms with Gasteiger partial charge in [0.05, 0.1) is 6.54 Å². The molecule has 2 rings (SSSR count). The van der Waals surface area contributed by atoms with Gasteiger partial charge in [0.15, 0.2) is 11.6 Å². The fourth-order valence-electron chi connectivity index (χ4n) is 2.78. The predicted molar refractivity (Wildman–Crippen MR) is 65.4 cm³/mol. The maximum Gasteiger partial charge on any atom is 0.401 e. The minimum absolute atomic E-state index is 0.141. The van der Waals surface area contributed by atoms with Crippen LogP contribution in [0, 0.1) is 17.5 Å². The zero-order valence-corrected chi connectivity index (χ0v) is 11.4. The molecule has 0 amide bonds. The summed E-state index contributed by atoms with van der Waals surface area (Å²) in [6, 6.07) is 1.15. The lowest BCUT2D eigenvalue weighted by atomic mass is 9.87. The average Bonchev–Trinajstić information content (AvgIpc) is 2.36. The number of hydrogen-bond donors (Lipinski definition) is 0. The third-order valence-corrected chi connectivity index (χ3v) is 3.88. The normalized spacial score (nSPS) is 24.3. The number of halogens is 6. The molecule has 0 saturated carbocycles. The lowest BCUT2D eigenvalue weighted by Crippen LogP contribution is -2.46. The maximum atomic E-state index is 13.8. The van der Waals surface area contributed by atoms with Crippen molar-refractivity contribution in [1.82, 2.24) is 4.90 Å². The zero-order valence-electron chi connectivity index (χ0n) is 11.4. The van der Waals surface area contributed by atoms with Crippen LogP contribution >= 0.6 is 0 Å². The van der Waals surface area contributed by atoms with Crippen molar-refractivity contribution in [1.29, 1.82) is 0 Å². The quantitative estimate of drug-likeness (QED) is 0.583. The molecular formula is C14H15F6N. The number of alkyl halides is 3. The second-order valence-corrected chi connectivity index (χ2v) is 5.42. The Bertz CT molecular complexity index is 513. The second-order valence-electron chi connectivity index (χ2n) is 5.42. The van der Waals surface area contributed by atoms with Gasteiger partial charge in [-0.25, -0.2) is 13.2 Å². The molecular weight excluding hydrogens is 296 g/mol. The molecule has 1 aliphatic rings. The van der Waals surface area contributed by atoms with Gasteiger partial charge in [-0.05, 0) is 31.9 Å². The van der Waals surface area contributed by atoms with Crippen LogP contribution in [0.4, 0.5) is 26.3 Å². The number of rotatable bonds is 2. The molecule has 2 atom stereocenters. The van der Waals surface area contributed by atoms with E-state index in [4.69, 9.17) is 0 Å². The lowest BCUT2D eigenvalue weighted by Gasteiger charge is -2.38. The highest BCUT2D eigenvalue weighted by atomic mass is 19.4. The third-order valence-electron chi connectivity index (χ3n) is 3.88. The Balaban J connectivity index is 2.24. The van der Waals surface area contributed by atoms with Crippen molar-refractivity contribution in [3.8, 4) is 0 Å². The Hall–Kier alpha value is -1.24. The van der Waals surface area contributed by atoms with Gasteiger partial charge in [0.2, 0.25) is 0 Å².